The van der Waals surface area contributed by atoms with Crippen LogP contribution in [0.4, 0.5) is 0 Å². The Bertz CT molecular complexity index is 175. The van der Waals surface area contributed by atoms with Crippen LogP contribution < -0.4 is 11.5 Å². The molecule has 2 aliphatic rings. The number of rotatable bonds is 0. The molecule has 0 radical (unpaired) electrons. The first-order valence-electron chi connectivity index (χ1n) is 5.16. The average Bonchev–Trinajstić information content (AvgIpc) is 1.78. The summed E-state index contributed by atoms with van der Waals surface area (Å²) in [6, 6.07) is 0.519. The van der Waals surface area contributed by atoms with E-state index in [1.54, 1.807) is 0 Å². The van der Waals surface area contributed by atoms with Gasteiger partial charge in [-0.15, -0.1) is 24.8 Å². The first-order chi connectivity index (χ1) is 6.20. The quantitative estimate of drug-likeness (QED) is 0.520. The molecule has 0 aromatic carbocycles. The van der Waals surface area contributed by atoms with Crippen LogP contribution in [0.15, 0.2) is 0 Å². The summed E-state index contributed by atoms with van der Waals surface area (Å²) in [6.45, 7) is 3.63. The molecule has 2 saturated carbocycles. The van der Waals surface area contributed by atoms with E-state index in [9.17, 15) is 0 Å². The van der Waals surface area contributed by atoms with E-state index in [0.717, 1.165) is 25.7 Å². The second-order valence-corrected chi connectivity index (χ2v) is 5.33. The molecule has 2 rings (SSSR count). The summed E-state index contributed by atoms with van der Waals surface area (Å²) in [4.78, 5) is 0. The molecule has 0 aliphatic heterocycles. The third-order valence-electron chi connectivity index (χ3n) is 2.81. The summed E-state index contributed by atoms with van der Waals surface area (Å²) >= 11 is 0. The van der Waals surface area contributed by atoms with E-state index in [-0.39, 0.29) is 36.9 Å². The number of hydrogen-bond donors (Lipinski definition) is 4. The molecule has 6 heteroatoms. The Kier molecular flexibility index (Phi) is 7.49. The van der Waals surface area contributed by atoms with Crippen LogP contribution in [-0.2, 0) is 0 Å². The largest absolute Gasteiger partial charge is 0.390 e. The normalized spacial score (nSPS) is 44.6. The van der Waals surface area contributed by atoms with Crippen molar-refractivity contribution in [3.63, 3.8) is 0 Å². The van der Waals surface area contributed by atoms with Crippen molar-refractivity contribution in [2.75, 3.05) is 0 Å². The highest BCUT2D eigenvalue weighted by molar-refractivity contribution is 5.85. The van der Waals surface area contributed by atoms with Gasteiger partial charge in [0.25, 0.3) is 0 Å². The molecule has 0 aromatic heterocycles. The predicted molar refractivity (Wildman–Crippen MR) is 70.2 cm³/mol. The minimum atomic E-state index is -0.431. The zero-order valence-corrected chi connectivity index (χ0v) is 11.5. The zero-order valence-electron chi connectivity index (χ0n) is 9.85. The second-order valence-electron chi connectivity index (χ2n) is 5.33. The smallest absolute Gasteiger partial charge is 0.0649 e. The second kappa shape index (κ2) is 6.38. The van der Waals surface area contributed by atoms with Crippen molar-refractivity contribution in [3.05, 3.63) is 0 Å². The van der Waals surface area contributed by atoms with Gasteiger partial charge in [0.15, 0.2) is 0 Å². The van der Waals surface area contributed by atoms with E-state index < -0.39 is 11.2 Å². The molecule has 0 atom stereocenters. The first kappa shape index (κ1) is 18.8. The van der Waals surface area contributed by atoms with Gasteiger partial charge in [-0.3, -0.25) is 0 Å². The van der Waals surface area contributed by atoms with Crippen LogP contribution in [-0.4, -0.2) is 33.5 Å². The summed E-state index contributed by atoms with van der Waals surface area (Å²) in [5, 5.41) is 18.0. The monoisotopic (exact) mass is 274 g/mol. The zero-order chi connectivity index (χ0) is 11.0. The standard InChI is InChI=1S/2C5H11NO.2ClH/c2*1-5(7)2-4(6)3-5;;/h2*4,7H,2-3,6H2,1H3;2*1H. The molecular weight excluding hydrogens is 251 g/mol. The van der Waals surface area contributed by atoms with Gasteiger partial charge in [0.1, 0.15) is 0 Å². The highest BCUT2D eigenvalue weighted by atomic mass is 35.5. The lowest BCUT2D eigenvalue weighted by Gasteiger charge is -2.38. The summed E-state index contributed by atoms with van der Waals surface area (Å²) in [5.41, 5.74) is 9.93. The third-order valence-corrected chi connectivity index (χ3v) is 2.81. The maximum absolute atomic E-state index is 9.00. The Hall–Kier alpha value is 0.420. The van der Waals surface area contributed by atoms with Crippen LogP contribution in [0, 0.1) is 0 Å². The number of aliphatic hydroxyl groups is 2. The maximum atomic E-state index is 9.00. The molecule has 0 spiro atoms. The Labute approximate surface area is 110 Å². The summed E-state index contributed by atoms with van der Waals surface area (Å²) in [7, 11) is 0. The molecule has 100 valence electrons. The summed E-state index contributed by atoms with van der Waals surface area (Å²) in [6.07, 6.45) is 3.08. The Morgan fingerprint density at radius 1 is 0.812 bits per heavy atom. The predicted octanol–water partition coefficient (Wildman–Crippen LogP) is 0.561. The molecule has 4 nitrogen and oxygen atoms in total. The van der Waals surface area contributed by atoms with Crippen LogP contribution in [0.3, 0.4) is 0 Å². The van der Waals surface area contributed by atoms with Gasteiger partial charge >= 0.3 is 0 Å². The van der Waals surface area contributed by atoms with Crippen molar-refractivity contribution in [1.82, 2.24) is 0 Å². The van der Waals surface area contributed by atoms with E-state index in [4.69, 9.17) is 21.7 Å². The van der Waals surface area contributed by atoms with Gasteiger partial charge in [-0.1, -0.05) is 0 Å². The number of hydrogen-bond acceptors (Lipinski definition) is 4. The molecule has 0 saturated heterocycles. The maximum Gasteiger partial charge on any atom is 0.0649 e. The van der Waals surface area contributed by atoms with E-state index in [2.05, 4.69) is 0 Å². The lowest BCUT2D eigenvalue weighted by molar-refractivity contribution is -0.0292. The lowest BCUT2D eigenvalue weighted by Crippen LogP contribution is -2.49. The molecule has 0 amide bonds. The van der Waals surface area contributed by atoms with Crippen molar-refractivity contribution in [3.8, 4) is 0 Å². The molecule has 0 bridgehead atoms. The minimum absolute atomic E-state index is 0. The van der Waals surface area contributed by atoms with Crippen LogP contribution in [0.5, 0.6) is 0 Å². The van der Waals surface area contributed by atoms with Crippen molar-refractivity contribution in [2.45, 2.75) is 62.8 Å². The summed E-state index contributed by atoms with van der Waals surface area (Å²) < 4.78 is 0. The lowest BCUT2D eigenvalue weighted by atomic mass is 9.78. The van der Waals surface area contributed by atoms with Crippen molar-refractivity contribution in [1.29, 1.82) is 0 Å². The molecule has 16 heavy (non-hydrogen) atoms. The fourth-order valence-electron chi connectivity index (χ4n) is 2.14. The molecule has 0 unspecified atom stereocenters. The SMILES string of the molecule is CC1(O)CC(N)C1.CC1(O)CC(N)C1.Cl.Cl. The molecule has 0 heterocycles. The Balaban J connectivity index is 0. The van der Waals surface area contributed by atoms with Crippen molar-refractivity contribution in [2.24, 2.45) is 11.5 Å². The molecular formula is C10H24Cl2N2O2. The van der Waals surface area contributed by atoms with Crippen LogP contribution in [0.2, 0.25) is 0 Å². The fourth-order valence-corrected chi connectivity index (χ4v) is 2.14. The van der Waals surface area contributed by atoms with Crippen molar-refractivity contribution >= 4 is 24.8 Å². The first-order valence-corrected chi connectivity index (χ1v) is 5.16. The van der Waals surface area contributed by atoms with E-state index in [1.807, 2.05) is 13.8 Å². The number of halogens is 2. The highest BCUT2D eigenvalue weighted by Gasteiger charge is 2.36. The van der Waals surface area contributed by atoms with Crippen LogP contribution in [0.25, 0.3) is 0 Å². The highest BCUT2D eigenvalue weighted by Crippen LogP contribution is 2.29. The van der Waals surface area contributed by atoms with E-state index in [1.165, 1.54) is 0 Å². The Morgan fingerprint density at radius 2 is 1.00 bits per heavy atom. The van der Waals surface area contributed by atoms with E-state index >= 15 is 0 Å². The molecule has 6 N–H and O–H groups in total. The van der Waals surface area contributed by atoms with Gasteiger partial charge < -0.3 is 21.7 Å². The fraction of sp³-hybridized carbons (Fsp3) is 1.00. The minimum Gasteiger partial charge on any atom is -0.390 e. The van der Waals surface area contributed by atoms with Gasteiger partial charge in [0.2, 0.25) is 0 Å². The Morgan fingerprint density at radius 3 is 1.00 bits per heavy atom. The molecule has 2 fully saturated rings. The third kappa shape index (κ3) is 6.23. The van der Waals surface area contributed by atoms with Crippen molar-refractivity contribution < 1.29 is 10.2 Å². The van der Waals surface area contributed by atoms with Crippen LogP contribution >= 0.6 is 24.8 Å². The van der Waals surface area contributed by atoms with Crippen LogP contribution in [0.1, 0.15) is 39.5 Å². The van der Waals surface area contributed by atoms with Gasteiger partial charge in [0.05, 0.1) is 11.2 Å². The topological polar surface area (TPSA) is 92.5 Å². The summed E-state index contributed by atoms with van der Waals surface area (Å²) in [5.74, 6) is 0. The van der Waals surface area contributed by atoms with E-state index in [0.29, 0.717) is 0 Å². The average molecular weight is 275 g/mol. The molecule has 0 aromatic rings. The molecule has 2 aliphatic carbocycles. The van der Waals surface area contributed by atoms with Gasteiger partial charge in [-0.25, -0.2) is 0 Å². The van der Waals surface area contributed by atoms with Gasteiger partial charge in [0, 0.05) is 12.1 Å². The number of nitrogens with two attached hydrogens (primary N) is 2. The van der Waals surface area contributed by atoms with Gasteiger partial charge in [-0.05, 0) is 39.5 Å². The van der Waals surface area contributed by atoms with Gasteiger partial charge in [-0.2, -0.15) is 0 Å².